The summed E-state index contributed by atoms with van der Waals surface area (Å²) < 4.78 is 37.5. The molecule has 0 atom stereocenters. The van der Waals surface area contributed by atoms with Crippen LogP contribution in [0, 0.1) is 11.3 Å². The molecule has 0 saturated carbocycles. The molecular weight excluding hydrogens is 305 g/mol. The lowest BCUT2D eigenvalue weighted by Gasteiger charge is -2.18. The Bertz CT molecular complexity index is 746. The molecule has 0 radical (unpaired) electrons. The number of nitrogens with zero attached hydrogens (tertiary/aromatic N) is 2. The van der Waals surface area contributed by atoms with Gasteiger partial charge in [0.1, 0.15) is 0 Å². The third-order valence-corrected chi connectivity index (χ3v) is 3.29. The van der Waals surface area contributed by atoms with Crippen LogP contribution in [0.4, 0.5) is 13.2 Å². The number of alkyl halides is 3. The number of hydrogen-bond acceptors (Lipinski definition) is 2. The van der Waals surface area contributed by atoms with E-state index in [9.17, 15) is 18.0 Å². The average Bonchev–Trinajstić information content (AvgIpc) is 2.53. The lowest BCUT2D eigenvalue weighted by Crippen LogP contribution is -2.26. The standard InChI is InChI=1S/C17H13F3N2O/c1-22(16(23)14-4-2-3-13(9-14)10-21)11-12-5-7-15(8-6-12)17(18,19)20/h2-9H,11H2,1H3. The van der Waals surface area contributed by atoms with Crippen molar-refractivity contribution in [2.45, 2.75) is 12.7 Å². The van der Waals surface area contributed by atoms with Gasteiger partial charge in [-0.2, -0.15) is 18.4 Å². The molecule has 0 fully saturated rings. The van der Waals surface area contributed by atoms with Crippen LogP contribution in [0.5, 0.6) is 0 Å². The van der Waals surface area contributed by atoms with Gasteiger partial charge in [-0.15, -0.1) is 0 Å². The molecule has 2 rings (SSSR count). The van der Waals surface area contributed by atoms with Crippen molar-refractivity contribution < 1.29 is 18.0 Å². The molecule has 0 aliphatic heterocycles. The van der Waals surface area contributed by atoms with Gasteiger partial charge in [0.2, 0.25) is 0 Å². The van der Waals surface area contributed by atoms with Gasteiger partial charge < -0.3 is 4.90 Å². The second-order valence-electron chi connectivity index (χ2n) is 5.05. The Kier molecular flexibility index (Phi) is 4.70. The summed E-state index contributed by atoms with van der Waals surface area (Å²) in [6, 6.07) is 12.9. The van der Waals surface area contributed by atoms with Gasteiger partial charge in [0.25, 0.3) is 5.91 Å². The smallest absolute Gasteiger partial charge is 0.337 e. The Morgan fingerprint density at radius 2 is 1.83 bits per heavy atom. The predicted octanol–water partition coefficient (Wildman–Crippen LogP) is 3.85. The van der Waals surface area contributed by atoms with Crippen LogP contribution in [0.1, 0.15) is 27.0 Å². The second kappa shape index (κ2) is 6.53. The van der Waals surface area contributed by atoms with Crippen LogP contribution >= 0.6 is 0 Å². The molecule has 3 nitrogen and oxygen atoms in total. The summed E-state index contributed by atoms with van der Waals surface area (Å²) in [6.07, 6.45) is -4.38. The number of halogens is 3. The first-order valence-corrected chi connectivity index (χ1v) is 6.73. The molecule has 0 aliphatic rings. The van der Waals surface area contributed by atoms with Crippen molar-refractivity contribution in [1.82, 2.24) is 4.90 Å². The second-order valence-corrected chi connectivity index (χ2v) is 5.05. The van der Waals surface area contributed by atoms with Crippen LogP contribution in [0.2, 0.25) is 0 Å². The maximum absolute atomic E-state index is 12.5. The fraction of sp³-hybridized carbons (Fsp3) is 0.176. The fourth-order valence-electron chi connectivity index (χ4n) is 2.09. The number of carbonyl (C=O) groups excluding carboxylic acids is 1. The van der Waals surface area contributed by atoms with E-state index in [2.05, 4.69) is 0 Å². The van der Waals surface area contributed by atoms with Gasteiger partial charge in [-0.3, -0.25) is 4.79 Å². The highest BCUT2D eigenvalue weighted by atomic mass is 19.4. The number of rotatable bonds is 3. The largest absolute Gasteiger partial charge is 0.416 e. The van der Waals surface area contributed by atoms with Crippen LogP contribution < -0.4 is 0 Å². The van der Waals surface area contributed by atoms with Crippen LogP contribution in [0.25, 0.3) is 0 Å². The first-order valence-electron chi connectivity index (χ1n) is 6.73. The summed E-state index contributed by atoms with van der Waals surface area (Å²) in [5.41, 5.74) is 0.597. The molecule has 0 spiro atoms. The van der Waals surface area contributed by atoms with Crippen LogP contribution in [-0.4, -0.2) is 17.9 Å². The zero-order valence-corrected chi connectivity index (χ0v) is 12.3. The van der Waals surface area contributed by atoms with E-state index in [1.165, 1.54) is 23.1 Å². The molecule has 0 aliphatic carbocycles. The molecule has 2 aromatic carbocycles. The SMILES string of the molecule is CN(Cc1ccc(C(F)(F)F)cc1)C(=O)c1cccc(C#N)c1. The van der Waals surface area contributed by atoms with Gasteiger partial charge in [0.15, 0.2) is 0 Å². The molecule has 0 aromatic heterocycles. The monoisotopic (exact) mass is 318 g/mol. The number of benzene rings is 2. The zero-order valence-electron chi connectivity index (χ0n) is 12.3. The van der Waals surface area contributed by atoms with Gasteiger partial charge in [-0.1, -0.05) is 18.2 Å². The summed E-state index contributed by atoms with van der Waals surface area (Å²) in [7, 11) is 1.55. The van der Waals surface area contributed by atoms with E-state index >= 15 is 0 Å². The molecule has 0 heterocycles. The van der Waals surface area contributed by atoms with Crippen LogP contribution in [-0.2, 0) is 12.7 Å². The Balaban J connectivity index is 2.10. The minimum atomic E-state index is -4.38. The van der Waals surface area contributed by atoms with Crippen molar-refractivity contribution >= 4 is 5.91 Å². The molecule has 23 heavy (non-hydrogen) atoms. The van der Waals surface area contributed by atoms with Crippen LogP contribution in [0.3, 0.4) is 0 Å². The molecule has 1 amide bonds. The van der Waals surface area contributed by atoms with E-state index in [1.54, 1.807) is 25.2 Å². The maximum Gasteiger partial charge on any atom is 0.416 e. The highest BCUT2D eigenvalue weighted by molar-refractivity contribution is 5.94. The van der Waals surface area contributed by atoms with Gasteiger partial charge in [-0.25, -0.2) is 0 Å². The van der Waals surface area contributed by atoms with Crippen LogP contribution in [0.15, 0.2) is 48.5 Å². The molecule has 0 N–H and O–H groups in total. The quantitative estimate of drug-likeness (QED) is 0.863. The third-order valence-electron chi connectivity index (χ3n) is 3.29. The van der Waals surface area contributed by atoms with Gasteiger partial charge in [-0.05, 0) is 35.9 Å². The van der Waals surface area contributed by atoms with Gasteiger partial charge in [0.05, 0.1) is 17.2 Å². The summed E-state index contributed by atoms with van der Waals surface area (Å²) in [6.45, 7) is 0.174. The Morgan fingerprint density at radius 1 is 1.17 bits per heavy atom. The topological polar surface area (TPSA) is 44.1 Å². The van der Waals surface area contributed by atoms with Crippen molar-refractivity contribution in [1.29, 1.82) is 5.26 Å². The molecule has 6 heteroatoms. The molecule has 0 bridgehead atoms. The van der Waals surface area contributed by atoms with Gasteiger partial charge in [0, 0.05) is 19.2 Å². The van der Waals surface area contributed by atoms with Crippen molar-refractivity contribution in [2.75, 3.05) is 7.05 Å². The lowest BCUT2D eigenvalue weighted by molar-refractivity contribution is -0.137. The van der Waals surface area contributed by atoms with E-state index in [1.807, 2.05) is 6.07 Å². The van der Waals surface area contributed by atoms with E-state index in [-0.39, 0.29) is 12.5 Å². The first kappa shape index (κ1) is 16.6. The Labute approximate surface area is 131 Å². The van der Waals surface area contributed by atoms with E-state index < -0.39 is 11.7 Å². The predicted molar refractivity (Wildman–Crippen MR) is 78.4 cm³/mol. The maximum atomic E-state index is 12.5. The normalized spacial score (nSPS) is 10.9. The molecule has 0 unspecified atom stereocenters. The molecule has 2 aromatic rings. The average molecular weight is 318 g/mol. The fourth-order valence-corrected chi connectivity index (χ4v) is 2.09. The highest BCUT2D eigenvalue weighted by Crippen LogP contribution is 2.29. The third kappa shape index (κ3) is 4.10. The van der Waals surface area contributed by atoms with Crippen molar-refractivity contribution in [2.24, 2.45) is 0 Å². The van der Waals surface area contributed by atoms with E-state index in [0.717, 1.165) is 12.1 Å². The minimum Gasteiger partial charge on any atom is -0.337 e. The lowest BCUT2D eigenvalue weighted by atomic mass is 10.1. The van der Waals surface area contributed by atoms with Gasteiger partial charge >= 0.3 is 6.18 Å². The summed E-state index contributed by atoms with van der Waals surface area (Å²) >= 11 is 0. The molecule has 0 saturated heterocycles. The summed E-state index contributed by atoms with van der Waals surface area (Å²) in [5, 5.41) is 8.84. The number of hydrogen-bond donors (Lipinski definition) is 0. The molecule has 118 valence electrons. The van der Waals surface area contributed by atoms with Crippen molar-refractivity contribution in [3.05, 3.63) is 70.8 Å². The summed E-state index contributed by atoms with van der Waals surface area (Å²) in [4.78, 5) is 13.7. The Morgan fingerprint density at radius 3 is 2.39 bits per heavy atom. The van der Waals surface area contributed by atoms with Crippen molar-refractivity contribution in [3.8, 4) is 6.07 Å². The van der Waals surface area contributed by atoms with E-state index in [4.69, 9.17) is 5.26 Å². The molecular formula is C17H13F3N2O. The minimum absolute atomic E-state index is 0.174. The first-order chi connectivity index (χ1) is 10.8. The summed E-state index contributed by atoms with van der Waals surface area (Å²) in [5.74, 6) is -0.304. The number of amides is 1. The number of carbonyl (C=O) groups is 1. The Hall–Kier alpha value is -2.81. The highest BCUT2D eigenvalue weighted by Gasteiger charge is 2.30. The van der Waals surface area contributed by atoms with Crippen molar-refractivity contribution in [3.63, 3.8) is 0 Å². The zero-order chi connectivity index (χ0) is 17.0. The number of nitriles is 1. The van der Waals surface area contributed by atoms with E-state index in [0.29, 0.717) is 16.7 Å².